The quantitative estimate of drug-likeness (QED) is 0.729. The molecule has 0 aromatic carbocycles. The zero-order valence-corrected chi connectivity index (χ0v) is 12.8. The van der Waals surface area contributed by atoms with Gasteiger partial charge in [0.2, 0.25) is 0 Å². The van der Waals surface area contributed by atoms with Crippen LogP contribution >= 0.6 is 0 Å². The summed E-state index contributed by atoms with van der Waals surface area (Å²) in [6, 6.07) is 4.98. The molecule has 0 saturated heterocycles. The maximum absolute atomic E-state index is 9.26. The molecular weight excluding hydrogens is 268 g/mol. The molecule has 12 atom stereocenters. The van der Waals surface area contributed by atoms with Crippen LogP contribution in [0.1, 0.15) is 25.7 Å². The van der Waals surface area contributed by atoms with Gasteiger partial charge in [-0.1, -0.05) is 12.2 Å². The fourth-order valence-corrected chi connectivity index (χ4v) is 9.17. The highest BCUT2D eigenvalue weighted by Crippen LogP contribution is 2.80. The standard InChI is InChI=1S/C20H22N2/c21-5-3-9-7-13-14-8-10(4-6-22)16-12-2-1-11-15(9)18(13)20(17(11)12)19(14)16/h1-2,9-20H,3-4,7-8H2/t9-,10+,11+,12-,13-,14+,15-,16-,17?,18-,19-,20?/m1/s1. The van der Waals surface area contributed by atoms with Crippen LogP contribution in [0.25, 0.3) is 0 Å². The molecule has 0 spiro atoms. The van der Waals surface area contributed by atoms with E-state index in [0.29, 0.717) is 11.8 Å². The largest absolute Gasteiger partial charge is 0.198 e. The van der Waals surface area contributed by atoms with Gasteiger partial charge >= 0.3 is 0 Å². The summed E-state index contributed by atoms with van der Waals surface area (Å²) in [4.78, 5) is 0. The van der Waals surface area contributed by atoms with E-state index >= 15 is 0 Å². The summed E-state index contributed by atoms with van der Waals surface area (Å²) in [5.74, 6) is 10.2. The van der Waals surface area contributed by atoms with Crippen LogP contribution in [0.5, 0.6) is 0 Å². The highest BCUT2D eigenvalue weighted by Gasteiger charge is 2.76. The Balaban J connectivity index is 1.47. The molecule has 2 nitrogen and oxygen atoms in total. The number of fused-ring (bicyclic) bond motifs is 3. The third kappa shape index (κ3) is 1.08. The van der Waals surface area contributed by atoms with Gasteiger partial charge in [0.15, 0.2) is 0 Å². The Kier molecular flexibility index (Phi) is 2.10. The molecule has 0 N–H and O–H groups in total. The fraction of sp³-hybridized carbons (Fsp3) is 0.800. The highest BCUT2D eigenvalue weighted by atomic mass is 14.8. The predicted octanol–water partition coefficient (Wildman–Crippen LogP) is 3.63. The van der Waals surface area contributed by atoms with Gasteiger partial charge in [0.25, 0.3) is 0 Å². The maximum atomic E-state index is 9.26. The van der Waals surface area contributed by atoms with Gasteiger partial charge in [-0.3, -0.25) is 0 Å². The molecule has 0 bridgehead atoms. The normalized spacial score (nSPS) is 64.1. The molecule has 0 amide bonds. The average molecular weight is 290 g/mol. The van der Waals surface area contributed by atoms with E-state index in [4.69, 9.17) is 0 Å². The molecule has 6 rings (SSSR count). The summed E-state index contributed by atoms with van der Waals surface area (Å²) in [6.07, 6.45) is 9.34. The van der Waals surface area contributed by atoms with Crippen molar-refractivity contribution in [3.63, 3.8) is 0 Å². The number of hydrogen-bond acceptors (Lipinski definition) is 2. The first-order valence-electron chi connectivity index (χ1n) is 9.27. The van der Waals surface area contributed by atoms with Crippen LogP contribution in [0.2, 0.25) is 0 Å². The van der Waals surface area contributed by atoms with E-state index in [2.05, 4.69) is 24.3 Å². The number of nitrogens with zero attached hydrogens (tertiary/aromatic N) is 2. The second kappa shape index (κ2) is 3.79. The van der Waals surface area contributed by atoms with Gasteiger partial charge in [0.1, 0.15) is 0 Å². The molecule has 0 aromatic rings. The van der Waals surface area contributed by atoms with Gasteiger partial charge in [-0.15, -0.1) is 0 Å². The Morgan fingerprint density at radius 1 is 0.682 bits per heavy atom. The highest BCUT2D eigenvalue weighted by molar-refractivity contribution is 5.31. The maximum Gasteiger partial charge on any atom is 0.0624 e. The van der Waals surface area contributed by atoms with Crippen molar-refractivity contribution < 1.29 is 0 Å². The molecule has 112 valence electrons. The van der Waals surface area contributed by atoms with Gasteiger partial charge in [-0.2, -0.15) is 10.5 Å². The van der Waals surface area contributed by atoms with Crippen molar-refractivity contribution in [2.75, 3.05) is 0 Å². The van der Waals surface area contributed by atoms with Crippen molar-refractivity contribution in [1.82, 2.24) is 0 Å². The topological polar surface area (TPSA) is 47.6 Å². The molecule has 2 heteroatoms. The lowest BCUT2D eigenvalue weighted by Crippen LogP contribution is -2.23. The van der Waals surface area contributed by atoms with Gasteiger partial charge in [-0.05, 0) is 83.9 Å². The smallest absolute Gasteiger partial charge is 0.0624 e. The lowest BCUT2D eigenvalue weighted by Gasteiger charge is -2.27. The number of nitriles is 2. The summed E-state index contributed by atoms with van der Waals surface area (Å²) in [7, 11) is 0. The molecule has 5 saturated carbocycles. The van der Waals surface area contributed by atoms with Crippen LogP contribution in [-0.2, 0) is 0 Å². The molecule has 0 radical (unpaired) electrons. The Morgan fingerprint density at radius 3 is 1.64 bits per heavy atom. The molecule has 22 heavy (non-hydrogen) atoms. The van der Waals surface area contributed by atoms with E-state index in [1.54, 1.807) is 0 Å². The lowest BCUT2D eigenvalue weighted by atomic mass is 9.77. The van der Waals surface area contributed by atoms with Crippen molar-refractivity contribution in [2.24, 2.45) is 71.0 Å². The zero-order chi connectivity index (χ0) is 14.6. The van der Waals surface area contributed by atoms with Gasteiger partial charge < -0.3 is 0 Å². The SMILES string of the molecule is N#CC[C@@H]1C[C@@H]2[C@@H]3C[C@H](CC#N)[C@H]4[C@@H]3C3C5[C@@H](C=C[C@@H]54)[C@@H]1[C@H]32. The minimum absolute atomic E-state index is 0.674. The fourth-order valence-electron chi connectivity index (χ4n) is 9.17. The summed E-state index contributed by atoms with van der Waals surface area (Å²) in [6.45, 7) is 0. The van der Waals surface area contributed by atoms with Gasteiger partial charge in [-0.25, -0.2) is 0 Å². The van der Waals surface area contributed by atoms with E-state index in [0.717, 1.165) is 72.0 Å². The van der Waals surface area contributed by atoms with Crippen molar-refractivity contribution >= 4 is 0 Å². The minimum atomic E-state index is 0.674. The molecule has 0 heterocycles. The minimum Gasteiger partial charge on any atom is -0.198 e. The third-order valence-corrected chi connectivity index (χ3v) is 9.04. The van der Waals surface area contributed by atoms with Crippen LogP contribution in [0.3, 0.4) is 0 Å². The van der Waals surface area contributed by atoms with E-state index in [1.807, 2.05) is 0 Å². The number of hydrogen-bond donors (Lipinski definition) is 0. The van der Waals surface area contributed by atoms with Crippen LogP contribution in [0.15, 0.2) is 12.2 Å². The van der Waals surface area contributed by atoms with E-state index in [-0.39, 0.29) is 0 Å². The molecule has 0 aromatic heterocycles. The number of allylic oxidation sites excluding steroid dienone is 2. The Labute approximate surface area is 132 Å². The van der Waals surface area contributed by atoms with Crippen LogP contribution < -0.4 is 0 Å². The van der Waals surface area contributed by atoms with Crippen molar-refractivity contribution in [1.29, 1.82) is 10.5 Å². The second-order valence-electron chi connectivity index (χ2n) is 9.05. The van der Waals surface area contributed by atoms with E-state index in [9.17, 15) is 10.5 Å². The van der Waals surface area contributed by atoms with Gasteiger partial charge in [0.05, 0.1) is 12.1 Å². The predicted molar refractivity (Wildman–Crippen MR) is 80.7 cm³/mol. The van der Waals surface area contributed by atoms with Crippen molar-refractivity contribution in [2.45, 2.75) is 25.7 Å². The van der Waals surface area contributed by atoms with Crippen molar-refractivity contribution in [3.05, 3.63) is 12.2 Å². The Bertz CT molecular complexity index is 598. The monoisotopic (exact) mass is 290 g/mol. The van der Waals surface area contributed by atoms with Crippen LogP contribution in [-0.4, -0.2) is 0 Å². The summed E-state index contributed by atoms with van der Waals surface area (Å²) < 4.78 is 0. The summed E-state index contributed by atoms with van der Waals surface area (Å²) in [5, 5.41) is 18.5. The third-order valence-electron chi connectivity index (χ3n) is 9.04. The Morgan fingerprint density at radius 2 is 1.18 bits per heavy atom. The molecular formula is C20H22N2. The summed E-state index contributed by atoms with van der Waals surface area (Å²) >= 11 is 0. The molecule has 6 aliphatic carbocycles. The average Bonchev–Trinajstić information content (AvgIpc) is 3.21. The van der Waals surface area contributed by atoms with Gasteiger partial charge in [0, 0.05) is 12.8 Å². The van der Waals surface area contributed by atoms with Crippen LogP contribution in [0.4, 0.5) is 0 Å². The first kappa shape index (κ1) is 12.2. The van der Waals surface area contributed by atoms with Crippen molar-refractivity contribution in [3.8, 4) is 12.1 Å². The zero-order valence-electron chi connectivity index (χ0n) is 12.8. The second-order valence-corrected chi connectivity index (χ2v) is 9.05. The Hall–Kier alpha value is -1.28. The molecule has 5 fully saturated rings. The molecule has 0 aliphatic heterocycles. The lowest BCUT2D eigenvalue weighted by molar-refractivity contribution is 0.225. The first-order chi connectivity index (χ1) is 10.8. The molecule has 2 unspecified atom stereocenters. The number of rotatable bonds is 2. The van der Waals surface area contributed by atoms with E-state index < -0.39 is 0 Å². The van der Waals surface area contributed by atoms with Crippen LogP contribution in [0, 0.1) is 93.7 Å². The van der Waals surface area contributed by atoms with E-state index in [1.165, 1.54) is 12.8 Å². The summed E-state index contributed by atoms with van der Waals surface area (Å²) in [5.41, 5.74) is 0. The first-order valence-corrected chi connectivity index (χ1v) is 9.27. The molecule has 6 aliphatic rings.